The molecule has 0 aliphatic heterocycles. The first kappa shape index (κ1) is 19.8. The van der Waals surface area contributed by atoms with Gasteiger partial charge in [-0.15, -0.1) is 0 Å². The summed E-state index contributed by atoms with van der Waals surface area (Å²) in [5.74, 6) is 0.614. The number of fused-ring (bicyclic) bond motifs is 1. The first-order valence-electron chi connectivity index (χ1n) is 9.32. The molecule has 1 aliphatic rings. The van der Waals surface area contributed by atoms with Crippen LogP contribution in [-0.2, 0) is 9.84 Å². The highest BCUT2D eigenvalue weighted by atomic mass is 35.5. The average molecular weight is 434 g/mol. The molecule has 0 spiro atoms. The lowest BCUT2D eigenvalue weighted by Gasteiger charge is -2.27. The lowest BCUT2D eigenvalue weighted by Crippen LogP contribution is -2.37. The van der Waals surface area contributed by atoms with Gasteiger partial charge in [-0.3, -0.25) is 4.79 Å². The van der Waals surface area contributed by atoms with Crippen molar-refractivity contribution >= 4 is 38.4 Å². The number of halogens is 1. The maximum absolute atomic E-state index is 12.5. The molecule has 4 rings (SSSR count). The van der Waals surface area contributed by atoms with Crippen LogP contribution in [-0.4, -0.2) is 36.6 Å². The van der Waals surface area contributed by atoms with Crippen molar-refractivity contribution in [1.29, 1.82) is 0 Å². The maximum Gasteiger partial charge on any atom is 0.251 e. The molecule has 7 nitrogen and oxygen atoms in total. The van der Waals surface area contributed by atoms with E-state index in [1.807, 2.05) is 6.07 Å². The van der Waals surface area contributed by atoms with Crippen LogP contribution in [0.1, 0.15) is 47.8 Å². The number of aromatic nitrogens is 2. The molecule has 1 aromatic carbocycles. The molecule has 152 valence electrons. The van der Waals surface area contributed by atoms with Crippen LogP contribution in [0.3, 0.4) is 0 Å². The quantitative estimate of drug-likeness (QED) is 0.672. The third kappa shape index (κ3) is 4.43. The molecule has 9 heteroatoms. The molecule has 2 heterocycles. The Labute approximate surface area is 173 Å². The van der Waals surface area contributed by atoms with Gasteiger partial charge in [0.05, 0.1) is 0 Å². The van der Waals surface area contributed by atoms with Crippen molar-refractivity contribution in [2.45, 2.75) is 42.7 Å². The summed E-state index contributed by atoms with van der Waals surface area (Å²) >= 11 is 6.01. The molecule has 0 unspecified atom stereocenters. The Hall–Kier alpha value is -2.45. The van der Waals surface area contributed by atoms with Crippen LogP contribution in [0.2, 0.25) is 5.02 Å². The van der Waals surface area contributed by atoms with Gasteiger partial charge in [0.2, 0.25) is 0 Å². The molecular weight excluding hydrogens is 414 g/mol. The Morgan fingerprint density at radius 3 is 2.66 bits per heavy atom. The van der Waals surface area contributed by atoms with Crippen molar-refractivity contribution in [2.75, 3.05) is 6.26 Å². The van der Waals surface area contributed by atoms with Crippen LogP contribution >= 0.6 is 11.6 Å². The molecule has 0 bridgehead atoms. The number of carbonyl (C=O) groups excluding carboxylic acids is 1. The number of rotatable bonds is 4. The summed E-state index contributed by atoms with van der Waals surface area (Å²) in [5.41, 5.74) is 1.76. The second kappa shape index (κ2) is 7.76. The van der Waals surface area contributed by atoms with Crippen LogP contribution in [0.15, 0.2) is 46.0 Å². The lowest BCUT2D eigenvalue weighted by atomic mass is 9.86. The van der Waals surface area contributed by atoms with E-state index in [1.54, 1.807) is 12.1 Å². The number of carbonyl (C=O) groups is 1. The van der Waals surface area contributed by atoms with Crippen LogP contribution in [0.5, 0.6) is 0 Å². The molecule has 1 aliphatic carbocycles. The minimum Gasteiger partial charge on any atom is -0.440 e. The smallest absolute Gasteiger partial charge is 0.251 e. The number of pyridine rings is 1. The summed E-state index contributed by atoms with van der Waals surface area (Å²) < 4.78 is 29.1. The largest absolute Gasteiger partial charge is 0.440 e. The van der Waals surface area contributed by atoms with Crippen molar-refractivity contribution in [2.24, 2.45) is 0 Å². The topological polar surface area (TPSA) is 102 Å². The van der Waals surface area contributed by atoms with E-state index in [9.17, 15) is 13.2 Å². The fraction of sp³-hybridized carbons (Fsp3) is 0.350. The van der Waals surface area contributed by atoms with Crippen LogP contribution in [0.25, 0.3) is 11.1 Å². The van der Waals surface area contributed by atoms with Crippen LogP contribution in [0, 0.1) is 0 Å². The molecule has 0 atom stereocenters. The number of sulfone groups is 1. The first-order chi connectivity index (χ1) is 13.8. The maximum atomic E-state index is 12.5. The van der Waals surface area contributed by atoms with Gasteiger partial charge in [0.25, 0.3) is 5.91 Å². The number of amides is 1. The Kier molecular flexibility index (Phi) is 5.31. The van der Waals surface area contributed by atoms with Gasteiger partial charge in [0.15, 0.2) is 26.3 Å². The Bertz CT molecular complexity index is 1170. The van der Waals surface area contributed by atoms with E-state index < -0.39 is 9.84 Å². The third-order valence-electron chi connectivity index (χ3n) is 5.15. The standard InChI is InChI=1S/C20H20ClN3O4S/c1-29(26,27)18-10-13(8-9-22-18)19(25)23-15-5-2-12(3-6-15)20-24-16-11-14(21)4-7-17(16)28-20/h4,7-12,15H,2-3,5-6H2,1H3,(H,23,25)/t12-,15-. The highest BCUT2D eigenvalue weighted by molar-refractivity contribution is 7.90. The van der Waals surface area contributed by atoms with Gasteiger partial charge in [-0.2, -0.15) is 0 Å². The summed E-state index contributed by atoms with van der Waals surface area (Å²) in [5, 5.41) is 3.51. The Morgan fingerprint density at radius 1 is 1.17 bits per heavy atom. The van der Waals surface area contributed by atoms with Gasteiger partial charge in [0.1, 0.15) is 5.52 Å². The van der Waals surface area contributed by atoms with Gasteiger partial charge < -0.3 is 9.73 Å². The van der Waals surface area contributed by atoms with Gasteiger partial charge in [-0.05, 0) is 56.0 Å². The fourth-order valence-electron chi connectivity index (χ4n) is 3.60. The van der Waals surface area contributed by atoms with Gasteiger partial charge in [-0.25, -0.2) is 18.4 Å². The van der Waals surface area contributed by atoms with Crippen molar-refractivity contribution in [3.05, 3.63) is 53.0 Å². The van der Waals surface area contributed by atoms with Crippen LogP contribution in [0.4, 0.5) is 0 Å². The van der Waals surface area contributed by atoms with E-state index in [0.29, 0.717) is 16.5 Å². The van der Waals surface area contributed by atoms with Crippen LogP contribution < -0.4 is 5.32 Å². The minimum absolute atomic E-state index is 0.0208. The van der Waals surface area contributed by atoms with E-state index in [-0.39, 0.29) is 22.9 Å². The molecule has 1 N–H and O–H groups in total. The van der Waals surface area contributed by atoms with E-state index in [0.717, 1.165) is 43.0 Å². The molecule has 0 radical (unpaired) electrons. The van der Waals surface area contributed by atoms with Crippen molar-refractivity contribution in [3.63, 3.8) is 0 Å². The molecule has 29 heavy (non-hydrogen) atoms. The molecule has 0 saturated heterocycles. The lowest BCUT2D eigenvalue weighted by molar-refractivity contribution is 0.0924. The number of hydrogen-bond donors (Lipinski definition) is 1. The van der Waals surface area contributed by atoms with E-state index in [4.69, 9.17) is 16.0 Å². The molecular formula is C20H20ClN3O4S. The summed E-state index contributed by atoms with van der Waals surface area (Å²) in [6.45, 7) is 0. The molecule has 1 amide bonds. The predicted molar refractivity (Wildman–Crippen MR) is 109 cm³/mol. The molecule has 3 aromatic rings. The Balaban J connectivity index is 1.39. The number of nitrogens with zero attached hydrogens (tertiary/aromatic N) is 2. The fourth-order valence-corrected chi connectivity index (χ4v) is 4.36. The van der Waals surface area contributed by atoms with Crippen molar-refractivity contribution in [3.8, 4) is 0 Å². The number of nitrogens with one attached hydrogen (secondary N) is 1. The van der Waals surface area contributed by atoms with Crippen molar-refractivity contribution < 1.29 is 17.6 Å². The highest BCUT2D eigenvalue weighted by Gasteiger charge is 2.27. The summed E-state index contributed by atoms with van der Waals surface area (Å²) in [7, 11) is -3.46. The summed E-state index contributed by atoms with van der Waals surface area (Å²) in [4.78, 5) is 20.9. The first-order valence-corrected chi connectivity index (χ1v) is 11.6. The average Bonchev–Trinajstić information content (AvgIpc) is 3.11. The minimum atomic E-state index is -3.46. The van der Waals surface area contributed by atoms with E-state index >= 15 is 0 Å². The molecule has 1 fully saturated rings. The Morgan fingerprint density at radius 2 is 1.93 bits per heavy atom. The molecule has 2 aromatic heterocycles. The zero-order valence-electron chi connectivity index (χ0n) is 15.8. The highest BCUT2D eigenvalue weighted by Crippen LogP contribution is 2.34. The second-order valence-corrected chi connectivity index (χ2v) is 9.74. The van der Waals surface area contributed by atoms with Crippen molar-refractivity contribution in [1.82, 2.24) is 15.3 Å². The van der Waals surface area contributed by atoms with E-state index in [2.05, 4.69) is 15.3 Å². The SMILES string of the molecule is CS(=O)(=O)c1cc(C(=O)N[C@H]2CC[C@H](c3nc4cc(Cl)ccc4o3)CC2)ccn1. The second-order valence-electron chi connectivity index (χ2n) is 7.34. The van der Waals surface area contributed by atoms with Gasteiger partial charge >= 0.3 is 0 Å². The predicted octanol–water partition coefficient (Wildman–Crippen LogP) is 3.74. The zero-order chi connectivity index (χ0) is 20.6. The summed E-state index contributed by atoms with van der Waals surface area (Å²) in [6.07, 6.45) is 5.67. The van der Waals surface area contributed by atoms with Gasteiger partial charge in [-0.1, -0.05) is 11.6 Å². The number of benzene rings is 1. The van der Waals surface area contributed by atoms with E-state index in [1.165, 1.54) is 18.3 Å². The monoisotopic (exact) mass is 433 g/mol. The summed E-state index contributed by atoms with van der Waals surface area (Å²) in [6, 6.07) is 8.22. The third-order valence-corrected chi connectivity index (χ3v) is 6.37. The number of oxazole rings is 1. The normalized spacial score (nSPS) is 19.9. The molecule has 1 saturated carbocycles. The number of hydrogen-bond acceptors (Lipinski definition) is 6. The van der Waals surface area contributed by atoms with Gasteiger partial charge in [0, 0.05) is 35.0 Å². The zero-order valence-corrected chi connectivity index (χ0v) is 17.3.